The standard InChI is InChI=1S/C17H14FN3O3S/c1-20(2)14-8-7-10(24-14)9-11-15(22)19-17(25)21(16(11)23)13-6-4-3-5-12(13)18/h3-9H,1-2H3,(H,19,22,25)/b11-9-. The van der Waals surface area contributed by atoms with Crippen LogP contribution >= 0.6 is 12.2 Å². The Morgan fingerprint density at radius 2 is 1.92 bits per heavy atom. The maximum Gasteiger partial charge on any atom is 0.270 e. The molecule has 25 heavy (non-hydrogen) atoms. The molecule has 1 N–H and O–H groups in total. The third-order valence-electron chi connectivity index (χ3n) is 3.54. The number of rotatable bonds is 3. The predicted molar refractivity (Wildman–Crippen MR) is 95.6 cm³/mol. The van der Waals surface area contributed by atoms with E-state index in [9.17, 15) is 14.0 Å². The van der Waals surface area contributed by atoms with Gasteiger partial charge in [-0.2, -0.15) is 0 Å². The number of nitrogens with one attached hydrogen (secondary N) is 1. The van der Waals surface area contributed by atoms with E-state index >= 15 is 0 Å². The summed E-state index contributed by atoms with van der Waals surface area (Å²) in [6.07, 6.45) is 1.31. The number of benzene rings is 1. The van der Waals surface area contributed by atoms with E-state index in [1.54, 1.807) is 37.2 Å². The summed E-state index contributed by atoms with van der Waals surface area (Å²) < 4.78 is 19.6. The van der Waals surface area contributed by atoms with Gasteiger partial charge in [-0.25, -0.2) is 9.29 Å². The molecule has 0 radical (unpaired) electrons. The molecule has 1 aliphatic heterocycles. The Kier molecular flexibility index (Phi) is 4.37. The molecule has 8 heteroatoms. The third-order valence-corrected chi connectivity index (χ3v) is 3.82. The SMILES string of the molecule is CN(C)c1ccc(/C=C2/C(=O)NC(=S)N(c3ccccc3F)C2=O)o1. The van der Waals surface area contributed by atoms with Crippen LogP contribution in [0.5, 0.6) is 0 Å². The van der Waals surface area contributed by atoms with Crippen molar-refractivity contribution in [2.45, 2.75) is 0 Å². The number of halogens is 1. The number of nitrogens with zero attached hydrogens (tertiary/aromatic N) is 2. The molecule has 6 nitrogen and oxygen atoms in total. The molecule has 1 saturated heterocycles. The molecule has 1 fully saturated rings. The van der Waals surface area contributed by atoms with Gasteiger partial charge >= 0.3 is 0 Å². The van der Waals surface area contributed by atoms with E-state index in [1.165, 1.54) is 24.3 Å². The fraction of sp³-hybridized carbons (Fsp3) is 0.118. The predicted octanol–water partition coefficient (Wildman–Crippen LogP) is 2.32. The van der Waals surface area contributed by atoms with Crippen LogP contribution in [0.25, 0.3) is 6.08 Å². The van der Waals surface area contributed by atoms with Crippen LogP contribution in [0.15, 0.2) is 46.4 Å². The molecular formula is C17H14FN3O3S. The summed E-state index contributed by atoms with van der Waals surface area (Å²) in [5.41, 5.74) is -0.228. The molecule has 2 amide bonds. The van der Waals surface area contributed by atoms with Crippen LogP contribution in [0.1, 0.15) is 5.76 Å². The number of carbonyl (C=O) groups is 2. The molecule has 1 aromatic heterocycles. The third kappa shape index (κ3) is 3.16. The van der Waals surface area contributed by atoms with Crippen molar-refractivity contribution in [1.29, 1.82) is 0 Å². The summed E-state index contributed by atoms with van der Waals surface area (Å²) in [5, 5.41) is 2.22. The van der Waals surface area contributed by atoms with Gasteiger partial charge in [0.2, 0.25) is 0 Å². The number of hydrogen-bond donors (Lipinski definition) is 1. The number of hydrogen-bond acceptors (Lipinski definition) is 5. The Bertz CT molecular complexity index is 904. The Hall–Kier alpha value is -3.00. The first kappa shape index (κ1) is 16.8. The average molecular weight is 359 g/mol. The highest BCUT2D eigenvalue weighted by Crippen LogP contribution is 2.25. The Morgan fingerprint density at radius 1 is 1.20 bits per heavy atom. The van der Waals surface area contributed by atoms with E-state index in [0.29, 0.717) is 11.6 Å². The zero-order valence-corrected chi connectivity index (χ0v) is 14.3. The van der Waals surface area contributed by atoms with Crippen LogP contribution in [-0.4, -0.2) is 31.0 Å². The normalized spacial score (nSPS) is 16.4. The lowest BCUT2D eigenvalue weighted by atomic mass is 10.1. The van der Waals surface area contributed by atoms with Gasteiger partial charge in [-0.05, 0) is 36.5 Å². The summed E-state index contributed by atoms with van der Waals surface area (Å²) in [6.45, 7) is 0. The largest absolute Gasteiger partial charge is 0.441 e. The van der Waals surface area contributed by atoms with Crippen molar-refractivity contribution in [2.24, 2.45) is 0 Å². The highest BCUT2D eigenvalue weighted by atomic mass is 32.1. The van der Waals surface area contributed by atoms with E-state index in [-0.39, 0.29) is 16.4 Å². The molecule has 0 unspecified atom stereocenters. The second kappa shape index (κ2) is 6.48. The van der Waals surface area contributed by atoms with Gasteiger partial charge in [0, 0.05) is 20.2 Å². The highest BCUT2D eigenvalue weighted by molar-refractivity contribution is 7.80. The quantitative estimate of drug-likeness (QED) is 0.518. The summed E-state index contributed by atoms with van der Waals surface area (Å²) in [6, 6.07) is 9.02. The smallest absolute Gasteiger partial charge is 0.270 e. The molecule has 0 aliphatic carbocycles. The molecular weight excluding hydrogens is 345 g/mol. The van der Waals surface area contributed by atoms with Gasteiger partial charge < -0.3 is 9.32 Å². The average Bonchev–Trinajstić information content (AvgIpc) is 3.02. The van der Waals surface area contributed by atoms with E-state index in [0.717, 1.165) is 4.90 Å². The number of thiocarbonyl (C=S) groups is 1. The monoisotopic (exact) mass is 359 g/mol. The van der Waals surface area contributed by atoms with Crippen molar-refractivity contribution in [3.05, 3.63) is 53.5 Å². The number of amides is 2. The van der Waals surface area contributed by atoms with E-state index in [2.05, 4.69) is 5.32 Å². The van der Waals surface area contributed by atoms with Gasteiger partial charge in [-0.15, -0.1) is 0 Å². The molecule has 0 bridgehead atoms. The maximum absolute atomic E-state index is 14.1. The van der Waals surface area contributed by atoms with Gasteiger partial charge in [0.15, 0.2) is 11.0 Å². The first-order valence-corrected chi connectivity index (χ1v) is 7.72. The Balaban J connectivity index is 2.00. The van der Waals surface area contributed by atoms with Crippen molar-refractivity contribution in [2.75, 3.05) is 23.9 Å². The molecule has 1 aromatic carbocycles. The van der Waals surface area contributed by atoms with Crippen molar-refractivity contribution >= 4 is 46.8 Å². The molecule has 0 saturated carbocycles. The molecule has 2 heterocycles. The summed E-state index contributed by atoms with van der Waals surface area (Å²) in [4.78, 5) is 27.6. The maximum atomic E-state index is 14.1. The molecule has 0 atom stereocenters. The van der Waals surface area contributed by atoms with Gasteiger partial charge in [0.05, 0.1) is 5.69 Å². The topological polar surface area (TPSA) is 65.8 Å². The van der Waals surface area contributed by atoms with Crippen LogP contribution < -0.4 is 15.1 Å². The van der Waals surface area contributed by atoms with Crippen LogP contribution in [-0.2, 0) is 9.59 Å². The Labute approximate surface area is 148 Å². The van der Waals surface area contributed by atoms with Crippen molar-refractivity contribution in [3.8, 4) is 0 Å². The molecule has 3 rings (SSSR count). The van der Waals surface area contributed by atoms with Crippen LogP contribution in [0.3, 0.4) is 0 Å². The second-order valence-electron chi connectivity index (χ2n) is 5.48. The first-order valence-electron chi connectivity index (χ1n) is 7.31. The second-order valence-corrected chi connectivity index (χ2v) is 5.87. The minimum Gasteiger partial charge on any atom is -0.441 e. The fourth-order valence-electron chi connectivity index (χ4n) is 2.31. The van der Waals surface area contributed by atoms with E-state index in [4.69, 9.17) is 16.6 Å². The molecule has 128 valence electrons. The first-order chi connectivity index (χ1) is 11.9. The summed E-state index contributed by atoms with van der Waals surface area (Å²) in [7, 11) is 3.60. The summed E-state index contributed by atoms with van der Waals surface area (Å²) >= 11 is 5.03. The van der Waals surface area contributed by atoms with Gasteiger partial charge in [0.25, 0.3) is 11.8 Å². The minimum atomic E-state index is -0.721. The zero-order valence-electron chi connectivity index (χ0n) is 13.4. The number of anilines is 2. The van der Waals surface area contributed by atoms with Crippen molar-refractivity contribution < 1.29 is 18.4 Å². The van der Waals surface area contributed by atoms with Crippen molar-refractivity contribution in [3.63, 3.8) is 0 Å². The lowest BCUT2D eigenvalue weighted by molar-refractivity contribution is -0.122. The summed E-state index contributed by atoms with van der Waals surface area (Å²) in [5.74, 6) is -1.12. The minimum absolute atomic E-state index is 0.0307. The zero-order chi connectivity index (χ0) is 18.1. The lowest BCUT2D eigenvalue weighted by Crippen LogP contribution is -2.54. The van der Waals surface area contributed by atoms with E-state index in [1.807, 2.05) is 0 Å². The van der Waals surface area contributed by atoms with Gasteiger partial charge in [0.1, 0.15) is 17.2 Å². The highest BCUT2D eigenvalue weighted by Gasteiger charge is 2.35. The number of furan rings is 1. The van der Waals surface area contributed by atoms with Crippen LogP contribution in [0.2, 0.25) is 0 Å². The Morgan fingerprint density at radius 3 is 2.56 bits per heavy atom. The fourth-order valence-corrected chi connectivity index (χ4v) is 2.59. The van der Waals surface area contributed by atoms with Crippen molar-refractivity contribution in [1.82, 2.24) is 5.32 Å². The van der Waals surface area contributed by atoms with Gasteiger partial charge in [-0.1, -0.05) is 12.1 Å². The molecule has 1 aliphatic rings. The van der Waals surface area contributed by atoms with E-state index < -0.39 is 17.6 Å². The molecule has 0 spiro atoms. The lowest BCUT2D eigenvalue weighted by Gasteiger charge is -2.28. The van der Waals surface area contributed by atoms with Gasteiger partial charge in [-0.3, -0.25) is 14.9 Å². The number of carbonyl (C=O) groups excluding carboxylic acids is 2. The molecule has 2 aromatic rings. The van der Waals surface area contributed by atoms with Crippen LogP contribution in [0, 0.1) is 5.82 Å². The van der Waals surface area contributed by atoms with Crippen LogP contribution in [0.4, 0.5) is 16.0 Å². The number of para-hydroxylation sites is 1.